The summed E-state index contributed by atoms with van der Waals surface area (Å²) in [6.07, 6.45) is 1.54. The topological polar surface area (TPSA) is 105 Å². The Labute approximate surface area is 192 Å². The minimum Gasteiger partial charge on any atom is -0.497 e. The number of halogens is 1. The van der Waals surface area contributed by atoms with E-state index in [2.05, 4.69) is 26.6 Å². The summed E-state index contributed by atoms with van der Waals surface area (Å²) in [4.78, 5) is 36.7. The van der Waals surface area contributed by atoms with E-state index in [1.807, 2.05) is 0 Å². The minimum absolute atomic E-state index is 0.0189. The van der Waals surface area contributed by atoms with Crippen molar-refractivity contribution in [1.82, 2.24) is 5.32 Å². The molecule has 3 aromatic rings. The van der Waals surface area contributed by atoms with E-state index in [0.29, 0.717) is 22.6 Å². The van der Waals surface area contributed by atoms with Crippen molar-refractivity contribution in [3.63, 3.8) is 0 Å². The lowest BCUT2D eigenvalue weighted by atomic mass is 10.1. The smallest absolute Gasteiger partial charge is 0.335 e. The van der Waals surface area contributed by atoms with Gasteiger partial charge in [-0.3, -0.25) is 9.59 Å². The van der Waals surface area contributed by atoms with E-state index in [0.717, 1.165) is 4.47 Å². The van der Waals surface area contributed by atoms with Gasteiger partial charge in [0, 0.05) is 15.7 Å². The Morgan fingerprint density at radius 3 is 2.03 bits per heavy atom. The molecule has 0 aliphatic rings. The Kier molecular flexibility index (Phi) is 7.41. The Bertz CT molecular complexity index is 1150. The van der Waals surface area contributed by atoms with Crippen molar-refractivity contribution in [2.75, 3.05) is 12.4 Å². The van der Waals surface area contributed by atoms with Crippen molar-refractivity contribution in [3.8, 4) is 5.75 Å². The lowest BCUT2D eigenvalue weighted by molar-refractivity contribution is -0.113. The highest BCUT2D eigenvalue weighted by Crippen LogP contribution is 2.16. The molecule has 0 unspecified atom stereocenters. The van der Waals surface area contributed by atoms with Gasteiger partial charge in [0.05, 0.1) is 12.7 Å². The second kappa shape index (κ2) is 10.4. The fourth-order valence-electron chi connectivity index (χ4n) is 2.72. The van der Waals surface area contributed by atoms with Crippen LogP contribution in [0, 0.1) is 0 Å². The Morgan fingerprint density at radius 2 is 1.47 bits per heavy atom. The van der Waals surface area contributed by atoms with Gasteiger partial charge < -0.3 is 20.5 Å². The molecule has 8 heteroatoms. The molecule has 0 radical (unpaired) electrons. The van der Waals surface area contributed by atoms with E-state index in [9.17, 15) is 14.4 Å². The van der Waals surface area contributed by atoms with E-state index < -0.39 is 17.8 Å². The maximum atomic E-state index is 12.9. The van der Waals surface area contributed by atoms with Crippen molar-refractivity contribution in [1.29, 1.82) is 0 Å². The SMILES string of the molecule is COc1ccc(C=C(NC(=O)c2ccc(Br)cc2)C(=O)Nc2ccc(C(=O)O)cc2)cc1. The zero-order chi connectivity index (χ0) is 23.1. The molecule has 0 saturated carbocycles. The highest BCUT2D eigenvalue weighted by molar-refractivity contribution is 9.10. The monoisotopic (exact) mass is 494 g/mol. The van der Waals surface area contributed by atoms with Crippen LogP contribution in [0.5, 0.6) is 5.75 Å². The van der Waals surface area contributed by atoms with Crippen LogP contribution in [-0.2, 0) is 4.79 Å². The molecule has 7 nitrogen and oxygen atoms in total. The van der Waals surface area contributed by atoms with Gasteiger partial charge in [0.2, 0.25) is 0 Å². The Hall–Kier alpha value is -3.91. The van der Waals surface area contributed by atoms with Crippen LogP contribution in [0.1, 0.15) is 26.3 Å². The van der Waals surface area contributed by atoms with Crippen LogP contribution >= 0.6 is 15.9 Å². The molecule has 0 saturated heterocycles. The van der Waals surface area contributed by atoms with Crippen molar-refractivity contribution in [3.05, 3.63) is 99.7 Å². The lowest BCUT2D eigenvalue weighted by Gasteiger charge is -2.12. The van der Waals surface area contributed by atoms with Crippen LogP contribution in [-0.4, -0.2) is 30.0 Å². The van der Waals surface area contributed by atoms with Crippen LogP contribution in [0.4, 0.5) is 5.69 Å². The quantitative estimate of drug-likeness (QED) is 0.417. The van der Waals surface area contributed by atoms with E-state index >= 15 is 0 Å². The van der Waals surface area contributed by atoms with Crippen LogP contribution in [0.3, 0.4) is 0 Å². The number of methoxy groups -OCH3 is 1. The summed E-state index contributed by atoms with van der Waals surface area (Å²) in [5.74, 6) is -1.42. The highest BCUT2D eigenvalue weighted by Gasteiger charge is 2.15. The van der Waals surface area contributed by atoms with Crippen molar-refractivity contribution in [2.45, 2.75) is 0 Å². The number of amides is 2. The van der Waals surface area contributed by atoms with Gasteiger partial charge >= 0.3 is 5.97 Å². The minimum atomic E-state index is -1.07. The predicted octanol–water partition coefficient (Wildman–Crippen LogP) is 4.57. The molecule has 32 heavy (non-hydrogen) atoms. The Balaban J connectivity index is 1.86. The van der Waals surface area contributed by atoms with Crippen LogP contribution in [0.25, 0.3) is 6.08 Å². The molecule has 0 bridgehead atoms. The summed E-state index contributed by atoms with van der Waals surface area (Å²) in [5, 5.41) is 14.3. The molecular formula is C24H19BrN2O5. The molecule has 2 amide bonds. The molecule has 0 fully saturated rings. The summed E-state index contributed by atoms with van der Waals surface area (Å²) in [6.45, 7) is 0. The third-order valence-corrected chi connectivity index (χ3v) is 4.94. The second-order valence-corrected chi connectivity index (χ2v) is 7.54. The zero-order valence-corrected chi connectivity index (χ0v) is 18.5. The van der Waals surface area contributed by atoms with Gasteiger partial charge in [-0.15, -0.1) is 0 Å². The third kappa shape index (κ3) is 6.05. The standard InChI is InChI=1S/C24H19BrN2O5/c1-32-20-12-2-15(3-13-20)14-21(27-22(28)16-4-8-18(25)9-5-16)23(29)26-19-10-6-17(7-11-19)24(30)31/h2-14H,1H3,(H,26,29)(H,27,28)(H,30,31). The Morgan fingerprint density at radius 1 is 0.875 bits per heavy atom. The van der Waals surface area contributed by atoms with Crippen LogP contribution in [0.15, 0.2) is 83.0 Å². The summed E-state index contributed by atoms with van der Waals surface area (Å²) < 4.78 is 5.97. The number of hydrogen-bond donors (Lipinski definition) is 3. The molecular weight excluding hydrogens is 476 g/mol. The number of carboxylic acids is 1. The van der Waals surface area contributed by atoms with Crippen molar-refractivity contribution < 1.29 is 24.2 Å². The predicted molar refractivity (Wildman–Crippen MR) is 125 cm³/mol. The summed E-state index contributed by atoms with van der Waals surface area (Å²) in [5.41, 5.74) is 1.56. The maximum absolute atomic E-state index is 12.9. The average Bonchev–Trinajstić information content (AvgIpc) is 2.79. The number of carbonyl (C=O) groups is 3. The summed E-state index contributed by atoms with van der Waals surface area (Å²) >= 11 is 3.32. The van der Waals surface area contributed by atoms with Gasteiger partial charge in [-0.25, -0.2) is 4.79 Å². The van der Waals surface area contributed by atoms with Crippen molar-refractivity contribution in [2.24, 2.45) is 0 Å². The normalized spacial score (nSPS) is 10.9. The number of aromatic carboxylic acids is 1. The van der Waals surface area contributed by atoms with Gasteiger partial charge in [0.1, 0.15) is 11.4 Å². The molecule has 162 valence electrons. The second-order valence-electron chi connectivity index (χ2n) is 6.63. The van der Waals surface area contributed by atoms with E-state index in [1.165, 1.54) is 30.3 Å². The molecule has 0 heterocycles. The number of nitrogens with one attached hydrogen (secondary N) is 2. The third-order valence-electron chi connectivity index (χ3n) is 4.42. The number of carboxylic acid groups (broad SMARTS) is 1. The van der Waals surface area contributed by atoms with Crippen LogP contribution in [0.2, 0.25) is 0 Å². The number of anilines is 1. The van der Waals surface area contributed by atoms with E-state index in [-0.39, 0.29) is 11.3 Å². The summed E-state index contributed by atoms with van der Waals surface area (Å²) in [7, 11) is 1.55. The molecule has 0 aliphatic heterocycles. The molecule has 0 spiro atoms. The first-order chi connectivity index (χ1) is 15.4. The van der Waals surface area contributed by atoms with E-state index in [4.69, 9.17) is 9.84 Å². The molecule has 3 rings (SSSR count). The van der Waals surface area contributed by atoms with Crippen LogP contribution < -0.4 is 15.4 Å². The highest BCUT2D eigenvalue weighted by atomic mass is 79.9. The fourth-order valence-corrected chi connectivity index (χ4v) is 2.98. The number of ether oxygens (including phenoxy) is 1. The van der Waals surface area contributed by atoms with E-state index in [1.54, 1.807) is 55.6 Å². The van der Waals surface area contributed by atoms with Gasteiger partial charge in [0.25, 0.3) is 11.8 Å². The maximum Gasteiger partial charge on any atom is 0.335 e. The fraction of sp³-hybridized carbons (Fsp3) is 0.0417. The van der Waals surface area contributed by atoms with Gasteiger partial charge in [-0.2, -0.15) is 0 Å². The number of hydrogen-bond acceptors (Lipinski definition) is 4. The van der Waals surface area contributed by atoms with Crippen molar-refractivity contribution >= 4 is 45.5 Å². The largest absolute Gasteiger partial charge is 0.497 e. The number of carbonyl (C=O) groups excluding carboxylic acids is 2. The summed E-state index contributed by atoms with van der Waals surface area (Å²) in [6, 6.07) is 19.4. The first kappa shape index (κ1) is 22.8. The molecule has 0 aliphatic carbocycles. The first-order valence-electron chi connectivity index (χ1n) is 9.43. The molecule has 0 atom stereocenters. The number of benzene rings is 3. The van der Waals surface area contributed by atoms with Gasteiger partial charge in [0.15, 0.2) is 0 Å². The molecule has 0 aromatic heterocycles. The molecule has 3 N–H and O–H groups in total. The average molecular weight is 495 g/mol. The number of rotatable bonds is 7. The lowest BCUT2D eigenvalue weighted by Crippen LogP contribution is -2.30. The first-order valence-corrected chi connectivity index (χ1v) is 10.2. The zero-order valence-electron chi connectivity index (χ0n) is 17.0. The van der Waals surface area contributed by atoms with Gasteiger partial charge in [-0.05, 0) is 72.3 Å². The molecule has 3 aromatic carbocycles. The van der Waals surface area contributed by atoms with Gasteiger partial charge in [-0.1, -0.05) is 28.1 Å².